The number of nitrogens with zero attached hydrogens (tertiary/aromatic N) is 9. The van der Waals surface area contributed by atoms with Gasteiger partial charge >= 0.3 is 6.09 Å². The molecule has 5 rings (SSSR count). The van der Waals surface area contributed by atoms with Crippen molar-refractivity contribution in [2.24, 2.45) is 5.92 Å². The minimum atomic E-state index is -1.40. The summed E-state index contributed by atoms with van der Waals surface area (Å²) in [5.41, 5.74) is 1.29. The second-order valence-electron chi connectivity index (χ2n) is 9.77. The van der Waals surface area contributed by atoms with E-state index < -0.39 is 11.8 Å². The van der Waals surface area contributed by atoms with Crippen LogP contribution in [0.4, 0.5) is 9.18 Å². The Bertz CT molecular complexity index is 1340. The van der Waals surface area contributed by atoms with Gasteiger partial charge in [-0.1, -0.05) is 0 Å². The van der Waals surface area contributed by atoms with Crippen LogP contribution in [0.3, 0.4) is 0 Å². The van der Waals surface area contributed by atoms with E-state index >= 15 is 4.39 Å². The van der Waals surface area contributed by atoms with Crippen LogP contribution in [0.1, 0.15) is 51.4 Å². The number of rotatable bonds is 5. The first-order valence-electron chi connectivity index (χ1n) is 11.9. The maximum Gasteiger partial charge on any atom is 0.410 e. The number of halogens is 1. The number of pyridine rings is 2. The number of hydrogen-bond acceptors (Lipinski definition) is 8. The Morgan fingerprint density at radius 3 is 2.58 bits per heavy atom. The van der Waals surface area contributed by atoms with Gasteiger partial charge in [-0.3, -0.25) is 9.97 Å². The molecule has 4 aromatic rings. The van der Waals surface area contributed by atoms with Gasteiger partial charge in [0.2, 0.25) is 0 Å². The number of piperidine rings is 1. The van der Waals surface area contributed by atoms with Gasteiger partial charge < -0.3 is 9.64 Å². The van der Waals surface area contributed by atoms with Crippen molar-refractivity contribution in [3.8, 4) is 5.69 Å². The molecule has 1 unspecified atom stereocenters. The van der Waals surface area contributed by atoms with Crippen LogP contribution in [-0.4, -0.2) is 69.4 Å². The smallest absolute Gasteiger partial charge is 0.410 e. The first-order valence-corrected chi connectivity index (χ1v) is 11.9. The summed E-state index contributed by atoms with van der Waals surface area (Å²) in [5.74, 6) is 0.241. The fourth-order valence-electron chi connectivity index (χ4n) is 4.29. The number of carbonyl (C=O) groups is 1. The van der Waals surface area contributed by atoms with Crippen LogP contribution >= 0.6 is 0 Å². The number of carbonyl (C=O) groups excluding carboxylic acids is 1. The Kier molecular flexibility index (Phi) is 6.33. The lowest BCUT2D eigenvalue weighted by Gasteiger charge is -2.34. The summed E-state index contributed by atoms with van der Waals surface area (Å²) in [4.78, 5) is 28.9. The zero-order valence-electron chi connectivity index (χ0n) is 20.5. The van der Waals surface area contributed by atoms with Crippen LogP contribution in [0, 0.1) is 5.92 Å². The lowest BCUT2D eigenvalue weighted by atomic mass is 9.91. The summed E-state index contributed by atoms with van der Waals surface area (Å²) < 4.78 is 23.1. The molecule has 5 heterocycles. The van der Waals surface area contributed by atoms with E-state index in [-0.39, 0.29) is 24.4 Å². The van der Waals surface area contributed by atoms with Crippen LogP contribution in [-0.2, 0) is 11.3 Å². The molecule has 0 bridgehead atoms. The summed E-state index contributed by atoms with van der Waals surface area (Å²) in [6.45, 7) is 6.52. The maximum absolute atomic E-state index is 16.1. The molecule has 0 aliphatic carbocycles. The number of ether oxygens (including phenoxy) is 1. The molecule has 1 saturated heterocycles. The van der Waals surface area contributed by atoms with E-state index in [1.165, 1.54) is 9.48 Å². The van der Waals surface area contributed by atoms with Gasteiger partial charge in [0.25, 0.3) is 0 Å². The van der Waals surface area contributed by atoms with Crippen LogP contribution in [0.15, 0.2) is 43.0 Å². The van der Waals surface area contributed by atoms with E-state index in [2.05, 4.69) is 30.2 Å². The summed E-state index contributed by atoms with van der Waals surface area (Å²) >= 11 is 0. The van der Waals surface area contributed by atoms with E-state index in [4.69, 9.17) is 4.74 Å². The monoisotopic (exact) mass is 493 g/mol. The molecule has 36 heavy (non-hydrogen) atoms. The molecule has 1 aliphatic heterocycles. The van der Waals surface area contributed by atoms with E-state index in [9.17, 15) is 4.79 Å². The standard InChI is InChI=1S/C24H28FN9O2/c1-24(2,3)36-23(35)32-13-7-16(8-14-32)20(25)22-30-19(15-33-28-11-12-29-33)31-34(22)18-6-10-26-17-5-4-9-27-21(17)18/h4-6,9-12,16,20H,7-8,13-15H2,1-3H3. The predicted molar refractivity (Wildman–Crippen MR) is 128 cm³/mol. The third-order valence-corrected chi connectivity index (χ3v) is 5.98. The maximum atomic E-state index is 16.1. The lowest BCUT2D eigenvalue weighted by Crippen LogP contribution is -2.42. The van der Waals surface area contributed by atoms with Gasteiger partial charge in [0.05, 0.1) is 23.6 Å². The molecule has 0 radical (unpaired) electrons. The van der Waals surface area contributed by atoms with Crippen LogP contribution in [0.2, 0.25) is 0 Å². The first kappa shape index (κ1) is 23.8. The van der Waals surface area contributed by atoms with Gasteiger partial charge in [-0.05, 0) is 51.8 Å². The number of likely N-dealkylation sites (tertiary alicyclic amines) is 1. The molecule has 1 aliphatic rings. The zero-order valence-corrected chi connectivity index (χ0v) is 20.5. The van der Waals surface area contributed by atoms with Crippen LogP contribution in [0.25, 0.3) is 16.7 Å². The predicted octanol–water partition coefficient (Wildman–Crippen LogP) is 3.51. The molecule has 1 fully saturated rings. The summed E-state index contributed by atoms with van der Waals surface area (Å²) in [7, 11) is 0. The van der Waals surface area contributed by atoms with E-state index in [0.717, 1.165) is 0 Å². The second-order valence-corrected chi connectivity index (χ2v) is 9.77. The van der Waals surface area contributed by atoms with Gasteiger partial charge in [-0.25, -0.2) is 18.9 Å². The highest BCUT2D eigenvalue weighted by Gasteiger charge is 2.34. The number of aromatic nitrogens is 8. The van der Waals surface area contributed by atoms with E-state index in [0.29, 0.717) is 48.5 Å². The zero-order chi connectivity index (χ0) is 25.3. The fraction of sp³-hybridized carbons (Fsp3) is 0.458. The highest BCUT2D eigenvalue weighted by molar-refractivity contribution is 5.82. The summed E-state index contributed by atoms with van der Waals surface area (Å²) in [6.07, 6.45) is 5.64. The average Bonchev–Trinajstić information content (AvgIpc) is 3.52. The molecule has 11 nitrogen and oxygen atoms in total. The topological polar surface area (TPSA) is 117 Å². The minimum Gasteiger partial charge on any atom is -0.444 e. The van der Waals surface area contributed by atoms with Crippen LogP contribution in [0.5, 0.6) is 0 Å². The van der Waals surface area contributed by atoms with Gasteiger partial charge in [0, 0.05) is 31.4 Å². The molecule has 188 valence electrons. The Balaban J connectivity index is 1.43. The molecule has 0 spiro atoms. The van der Waals surface area contributed by atoms with Crippen molar-refractivity contribution >= 4 is 17.1 Å². The highest BCUT2D eigenvalue weighted by Crippen LogP contribution is 2.35. The molecular formula is C24H28FN9O2. The van der Waals surface area contributed by atoms with Crippen molar-refractivity contribution in [3.05, 3.63) is 54.6 Å². The molecule has 0 aromatic carbocycles. The Labute approximate surface area is 207 Å². The number of fused-ring (bicyclic) bond motifs is 1. The Morgan fingerprint density at radius 2 is 1.86 bits per heavy atom. The lowest BCUT2D eigenvalue weighted by molar-refractivity contribution is 0.0140. The van der Waals surface area contributed by atoms with Crippen molar-refractivity contribution < 1.29 is 13.9 Å². The fourth-order valence-corrected chi connectivity index (χ4v) is 4.29. The van der Waals surface area contributed by atoms with Crippen molar-refractivity contribution in [2.75, 3.05) is 13.1 Å². The Hall–Kier alpha value is -3.96. The van der Waals surface area contributed by atoms with Crippen molar-refractivity contribution in [2.45, 2.75) is 51.9 Å². The quantitative estimate of drug-likeness (QED) is 0.415. The molecule has 1 amide bonds. The highest BCUT2D eigenvalue weighted by atomic mass is 19.1. The normalized spacial score (nSPS) is 15.8. The second kappa shape index (κ2) is 9.59. The van der Waals surface area contributed by atoms with Crippen molar-refractivity contribution in [1.82, 2.24) is 44.6 Å². The van der Waals surface area contributed by atoms with Gasteiger partial charge in [-0.2, -0.15) is 15.0 Å². The molecule has 0 N–H and O–H groups in total. The first-order chi connectivity index (χ1) is 17.3. The van der Waals surface area contributed by atoms with Gasteiger partial charge in [-0.15, -0.1) is 5.10 Å². The number of hydrogen-bond donors (Lipinski definition) is 0. The number of alkyl halides is 1. The molecule has 0 saturated carbocycles. The minimum absolute atomic E-state index is 0.186. The van der Waals surface area contributed by atoms with Gasteiger partial charge in [0.1, 0.15) is 17.7 Å². The number of amides is 1. The van der Waals surface area contributed by atoms with Crippen molar-refractivity contribution in [1.29, 1.82) is 0 Å². The molecule has 12 heteroatoms. The SMILES string of the molecule is CC(C)(C)OC(=O)N1CCC(C(F)c2nc(Cn3nccn3)nn2-c2ccnc3cccnc23)CC1. The van der Waals surface area contributed by atoms with E-state index in [1.807, 2.05) is 26.8 Å². The molecule has 1 atom stereocenters. The summed E-state index contributed by atoms with van der Waals surface area (Å²) in [5, 5.41) is 12.8. The largest absolute Gasteiger partial charge is 0.444 e. The van der Waals surface area contributed by atoms with Gasteiger partial charge in [0.15, 0.2) is 17.8 Å². The van der Waals surface area contributed by atoms with Crippen LogP contribution < -0.4 is 0 Å². The van der Waals surface area contributed by atoms with Crippen molar-refractivity contribution in [3.63, 3.8) is 0 Å². The third kappa shape index (κ3) is 5.02. The Morgan fingerprint density at radius 1 is 1.11 bits per heavy atom. The summed E-state index contributed by atoms with van der Waals surface area (Å²) in [6, 6.07) is 5.39. The molecular weight excluding hydrogens is 465 g/mol. The average molecular weight is 494 g/mol. The third-order valence-electron chi connectivity index (χ3n) is 5.98. The molecule has 4 aromatic heterocycles. The van der Waals surface area contributed by atoms with E-state index in [1.54, 1.807) is 41.8 Å².